The molecule has 0 radical (unpaired) electrons. The van der Waals surface area contributed by atoms with Crippen molar-refractivity contribution in [2.45, 2.75) is 45.0 Å². The van der Waals surface area contributed by atoms with Crippen LogP contribution in [-0.2, 0) is 4.43 Å². The van der Waals surface area contributed by atoms with Crippen LogP contribution in [0.4, 0.5) is 0 Å². The zero-order valence-corrected chi connectivity index (χ0v) is 11.3. The van der Waals surface area contributed by atoms with Gasteiger partial charge >= 0.3 is 0 Å². The monoisotopic (exact) mass is 219 g/mol. The molecule has 1 unspecified atom stereocenters. The fourth-order valence-electron chi connectivity index (χ4n) is 0.816. The minimum Gasteiger partial charge on any atom is -0.414 e. The van der Waals surface area contributed by atoms with Crippen LogP contribution in [0.5, 0.6) is 0 Å². The van der Waals surface area contributed by atoms with Crippen molar-refractivity contribution in [3.63, 3.8) is 0 Å². The number of aliphatic hydroxyl groups is 1. The highest BCUT2D eigenvalue weighted by molar-refractivity contribution is 6.74. The van der Waals surface area contributed by atoms with E-state index < -0.39 is 14.4 Å². The molecule has 0 aromatic heterocycles. The van der Waals surface area contributed by atoms with E-state index in [-0.39, 0.29) is 5.04 Å². The second-order valence-corrected chi connectivity index (χ2v) is 10.1. The topological polar surface area (TPSA) is 41.5 Å². The molecule has 0 heterocycles. The standard InChI is InChI=1S/C10H25NO2Si/c1-10(2,3)14(5,6)13-8-9(12)7-11-4/h9,11-12H,7-8H2,1-6H3. The summed E-state index contributed by atoms with van der Waals surface area (Å²) in [6.07, 6.45) is -0.394. The summed E-state index contributed by atoms with van der Waals surface area (Å²) in [6.45, 7) is 12.0. The van der Waals surface area contributed by atoms with E-state index >= 15 is 0 Å². The largest absolute Gasteiger partial charge is 0.414 e. The Morgan fingerprint density at radius 1 is 1.36 bits per heavy atom. The van der Waals surface area contributed by atoms with Crippen molar-refractivity contribution < 1.29 is 9.53 Å². The van der Waals surface area contributed by atoms with Gasteiger partial charge in [0.25, 0.3) is 0 Å². The number of hydrogen-bond donors (Lipinski definition) is 2. The van der Waals surface area contributed by atoms with Crippen LogP contribution in [0.1, 0.15) is 20.8 Å². The first-order valence-electron chi connectivity index (χ1n) is 5.17. The predicted octanol–water partition coefficient (Wildman–Crippen LogP) is 1.59. The number of likely N-dealkylation sites (N-methyl/N-ethyl adjacent to an activating group) is 1. The van der Waals surface area contributed by atoms with E-state index in [1.165, 1.54) is 0 Å². The van der Waals surface area contributed by atoms with Crippen LogP contribution in [0, 0.1) is 0 Å². The van der Waals surface area contributed by atoms with Gasteiger partial charge in [0.1, 0.15) is 0 Å². The van der Waals surface area contributed by atoms with Crippen molar-refractivity contribution in [2.24, 2.45) is 0 Å². The molecule has 0 fully saturated rings. The van der Waals surface area contributed by atoms with E-state index in [4.69, 9.17) is 4.43 Å². The molecule has 14 heavy (non-hydrogen) atoms. The molecule has 0 aliphatic rings. The van der Waals surface area contributed by atoms with Gasteiger partial charge in [-0.2, -0.15) is 0 Å². The lowest BCUT2D eigenvalue weighted by Gasteiger charge is -2.36. The summed E-state index contributed by atoms with van der Waals surface area (Å²) in [7, 11) is 0.144. The van der Waals surface area contributed by atoms with Gasteiger partial charge in [0, 0.05) is 6.54 Å². The third-order valence-electron chi connectivity index (χ3n) is 2.88. The quantitative estimate of drug-likeness (QED) is 0.690. The van der Waals surface area contributed by atoms with Crippen LogP contribution in [0.3, 0.4) is 0 Å². The second kappa shape index (κ2) is 5.26. The van der Waals surface area contributed by atoms with E-state index in [2.05, 4.69) is 39.2 Å². The molecule has 3 nitrogen and oxygen atoms in total. The molecule has 0 spiro atoms. The van der Waals surface area contributed by atoms with Gasteiger partial charge in [0.05, 0.1) is 12.7 Å². The highest BCUT2D eigenvalue weighted by Gasteiger charge is 2.37. The number of aliphatic hydroxyl groups excluding tert-OH is 1. The number of rotatable bonds is 5. The molecule has 2 N–H and O–H groups in total. The normalized spacial score (nSPS) is 15.6. The highest BCUT2D eigenvalue weighted by Crippen LogP contribution is 2.36. The molecule has 0 bridgehead atoms. The molecular formula is C10H25NO2Si. The molecule has 4 heteroatoms. The SMILES string of the molecule is CNCC(O)CO[Si](C)(C)C(C)(C)C. The summed E-state index contributed by atoms with van der Waals surface area (Å²) < 4.78 is 5.86. The van der Waals surface area contributed by atoms with Gasteiger partial charge in [-0.05, 0) is 25.2 Å². The predicted molar refractivity (Wildman–Crippen MR) is 63.1 cm³/mol. The summed E-state index contributed by atoms with van der Waals surface area (Å²) >= 11 is 0. The molecule has 0 aliphatic heterocycles. The van der Waals surface area contributed by atoms with Gasteiger partial charge in [-0.15, -0.1) is 0 Å². The Morgan fingerprint density at radius 3 is 2.21 bits per heavy atom. The lowest BCUT2D eigenvalue weighted by Crippen LogP contribution is -2.43. The summed E-state index contributed by atoms with van der Waals surface area (Å²) in [5.74, 6) is 0. The van der Waals surface area contributed by atoms with Crippen molar-refractivity contribution in [1.29, 1.82) is 0 Å². The van der Waals surface area contributed by atoms with Crippen molar-refractivity contribution >= 4 is 8.32 Å². The second-order valence-electron chi connectivity index (χ2n) is 5.28. The van der Waals surface area contributed by atoms with Gasteiger partial charge < -0.3 is 14.8 Å². The Bertz CT molecular complexity index is 166. The van der Waals surface area contributed by atoms with Crippen LogP contribution >= 0.6 is 0 Å². The van der Waals surface area contributed by atoms with E-state index in [1.807, 2.05) is 7.05 Å². The fourth-order valence-corrected chi connectivity index (χ4v) is 1.86. The third-order valence-corrected chi connectivity index (χ3v) is 7.38. The zero-order chi connectivity index (χ0) is 11.4. The smallest absolute Gasteiger partial charge is 0.192 e. The first kappa shape index (κ1) is 14.1. The zero-order valence-electron chi connectivity index (χ0n) is 10.3. The maximum absolute atomic E-state index is 9.51. The van der Waals surface area contributed by atoms with Gasteiger partial charge in [0.15, 0.2) is 8.32 Å². The Kier molecular flexibility index (Phi) is 5.29. The fraction of sp³-hybridized carbons (Fsp3) is 1.00. The molecular weight excluding hydrogens is 194 g/mol. The lowest BCUT2D eigenvalue weighted by molar-refractivity contribution is 0.101. The van der Waals surface area contributed by atoms with Crippen LogP contribution in [0.15, 0.2) is 0 Å². The Labute approximate surface area is 89.0 Å². The maximum atomic E-state index is 9.51. The maximum Gasteiger partial charge on any atom is 0.192 e. The average Bonchev–Trinajstić information content (AvgIpc) is 1.99. The Morgan fingerprint density at radius 2 is 1.86 bits per heavy atom. The van der Waals surface area contributed by atoms with Crippen molar-refractivity contribution in [2.75, 3.05) is 20.2 Å². The first-order chi connectivity index (χ1) is 6.20. The Balaban J connectivity index is 3.99. The molecule has 0 saturated heterocycles. The van der Waals surface area contributed by atoms with E-state index in [1.54, 1.807) is 0 Å². The van der Waals surface area contributed by atoms with Gasteiger partial charge in [-0.25, -0.2) is 0 Å². The van der Waals surface area contributed by atoms with Crippen molar-refractivity contribution in [1.82, 2.24) is 5.32 Å². The molecule has 0 amide bonds. The third kappa shape index (κ3) is 4.55. The van der Waals surface area contributed by atoms with Crippen LogP contribution in [0.2, 0.25) is 18.1 Å². The van der Waals surface area contributed by atoms with Crippen LogP contribution < -0.4 is 5.32 Å². The van der Waals surface area contributed by atoms with Crippen LogP contribution in [-0.4, -0.2) is 39.7 Å². The minimum atomic E-state index is -1.68. The molecule has 86 valence electrons. The molecule has 0 aromatic carbocycles. The number of nitrogens with one attached hydrogen (secondary N) is 1. The molecule has 0 aromatic rings. The summed E-state index contributed by atoms with van der Waals surface area (Å²) in [6, 6.07) is 0. The lowest BCUT2D eigenvalue weighted by atomic mass is 10.2. The summed E-state index contributed by atoms with van der Waals surface area (Å²) in [5.41, 5.74) is 0. The average molecular weight is 219 g/mol. The first-order valence-corrected chi connectivity index (χ1v) is 8.08. The van der Waals surface area contributed by atoms with Gasteiger partial charge in [-0.3, -0.25) is 0 Å². The van der Waals surface area contributed by atoms with E-state index in [0.717, 1.165) is 0 Å². The molecule has 1 atom stereocenters. The van der Waals surface area contributed by atoms with Crippen molar-refractivity contribution in [3.05, 3.63) is 0 Å². The molecule has 0 rings (SSSR count). The van der Waals surface area contributed by atoms with Crippen LogP contribution in [0.25, 0.3) is 0 Å². The minimum absolute atomic E-state index is 0.215. The Hall–Kier alpha value is 0.0969. The summed E-state index contributed by atoms with van der Waals surface area (Å²) in [5, 5.41) is 12.7. The van der Waals surface area contributed by atoms with Crippen molar-refractivity contribution in [3.8, 4) is 0 Å². The van der Waals surface area contributed by atoms with E-state index in [0.29, 0.717) is 13.2 Å². The highest BCUT2D eigenvalue weighted by atomic mass is 28.4. The summed E-state index contributed by atoms with van der Waals surface area (Å²) in [4.78, 5) is 0. The number of hydrogen-bond acceptors (Lipinski definition) is 3. The molecule has 0 saturated carbocycles. The van der Waals surface area contributed by atoms with E-state index in [9.17, 15) is 5.11 Å². The van der Waals surface area contributed by atoms with Gasteiger partial charge in [0.2, 0.25) is 0 Å². The molecule has 0 aliphatic carbocycles. The van der Waals surface area contributed by atoms with Gasteiger partial charge in [-0.1, -0.05) is 20.8 Å².